The molecule has 7 heteroatoms. The van der Waals surface area contributed by atoms with Crippen LogP contribution >= 0.6 is 0 Å². The summed E-state index contributed by atoms with van der Waals surface area (Å²) in [5.74, 6) is 1.07. The number of carbonyl (C=O) groups excluding carboxylic acids is 2. The number of aryl methyl sites for hydroxylation is 2. The first-order chi connectivity index (χ1) is 13.9. The molecule has 29 heavy (non-hydrogen) atoms. The van der Waals surface area contributed by atoms with Crippen molar-refractivity contribution in [3.63, 3.8) is 0 Å². The number of fused-ring (bicyclic) bond motifs is 1. The van der Waals surface area contributed by atoms with Crippen molar-refractivity contribution in [2.24, 2.45) is 0 Å². The van der Waals surface area contributed by atoms with Crippen molar-refractivity contribution in [1.82, 2.24) is 10.2 Å². The third-order valence-electron chi connectivity index (χ3n) is 4.67. The number of rotatable bonds is 7. The fraction of sp³-hybridized carbons (Fsp3) is 0.364. The minimum atomic E-state index is -0.244. The summed E-state index contributed by atoms with van der Waals surface area (Å²) in [5, 5.41) is 5.76. The summed E-state index contributed by atoms with van der Waals surface area (Å²) in [5.41, 5.74) is 2.84. The van der Waals surface area contributed by atoms with Gasteiger partial charge in [-0.15, -0.1) is 0 Å². The summed E-state index contributed by atoms with van der Waals surface area (Å²) >= 11 is 0. The Morgan fingerprint density at radius 2 is 1.66 bits per heavy atom. The van der Waals surface area contributed by atoms with E-state index in [1.54, 1.807) is 11.9 Å². The van der Waals surface area contributed by atoms with Crippen LogP contribution in [0.1, 0.15) is 11.1 Å². The molecule has 0 spiro atoms. The number of hydrogen-bond donors (Lipinski definition) is 2. The average molecular weight is 397 g/mol. The minimum absolute atomic E-state index is 0.115. The zero-order valence-electron chi connectivity index (χ0n) is 17.0. The lowest BCUT2D eigenvalue weighted by molar-refractivity contribution is -0.123. The Labute approximate surface area is 171 Å². The molecule has 2 N–H and O–H groups in total. The van der Waals surface area contributed by atoms with Gasteiger partial charge in [0.1, 0.15) is 12.7 Å². The van der Waals surface area contributed by atoms with E-state index in [2.05, 4.69) is 10.6 Å². The van der Waals surface area contributed by atoms with Gasteiger partial charge in [0.25, 0.3) is 0 Å². The van der Waals surface area contributed by atoms with E-state index in [4.69, 9.17) is 9.47 Å². The lowest BCUT2D eigenvalue weighted by atomic mass is 10.1. The summed E-state index contributed by atoms with van der Waals surface area (Å²) in [6.07, 6.45) is -0.244. The molecule has 0 radical (unpaired) electrons. The van der Waals surface area contributed by atoms with Crippen LogP contribution in [0.25, 0.3) is 0 Å². The minimum Gasteiger partial charge on any atom is -0.486 e. The molecule has 1 heterocycles. The van der Waals surface area contributed by atoms with E-state index in [9.17, 15) is 9.59 Å². The molecule has 1 atom stereocenters. The lowest BCUT2D eigenvalue weighted by Gasteiger charge is -2.26. The summed E-state index contributed by atoms with van der Waals surface area (Å²) in [4.78, 5) is 26.2. The molecule has 1 aliphatic rings. The second kappa shape index (κ2) is 9.43. The molecule has 1 aliphatic heterocycles. The SMILES string of the molecule is Cc1cccc(C)c1NC(=O)CN(C)CC(=O)NC[C@@H]1COc2ccccc2O1. The number of para-hydroxylation sites is 3. The number of carbonyl (C=O) groups is 2. The number of nitrogens with zero attached hydrogens (tertiary/aromatic N) is 1. The van der Waals surface area contributed by atoms with Crippen LogP contribution in [0.15, 0.2) is 42.5 Å². The van der Waals surface area contributed by atoms with E-state index in [-0.39, 0.29) is 31.0 Å². The Bertz CT molecular complexity index is 864. The maximum absolute atomic E-state index is 12.3. The van der Waals surface area contributed by atoms with Gasteiger partial charge < -0.3 is 20.1 Å². The van der Waals surface area contributed by atoms with E-state index < -0.39 is 0 Å². The van der Waals surface area contributed by atoms with Gasteiger partial charge in [-0.2, -0.15) is 0 Å². The van der Waals surface area contributed by atoms with Gasteiger partial charge in [-0.1, -0.05) is 30.3 Å². The van der Waals surface area contributed by atoms with E-state index >= 15 is 0 Å². The highest BCUT2D eigenvalue weighted by Crippen LogP contribution is 2.30. The molecular weight excluding hydrogens is 370 g/mol. The van der Waals surface area contributed by atoms with Gasteiger partial charge in [-0.25, -0.2) is 0 Å². The van der Waals surface area contributed by atoms with E-state index in [1.165, 1.54) is 0 Å². The van der Waals surface area contributed by atoms with Crippen molar-refractivity contribution < 1.29 is 19.1 Å². The Morgan fingerprint density at radius 3 is 2.38 bits per heavy atom. The number of anilines is 1. The Morgan fingerprint density at radius 1 is 1.00 bits per heavy atom. The predicted molar refractivity (Wildman–Crippen MR) is 111 cm³/mol. The van der Waals surface area contributed by atoms with E-state index in [1.807, 2.05) is 56.3 Å². The number of likely N-dealkylation sites (N-methyl/N-ethyl adjacent to an activating group) is 1. The largest absolute Gasteiger partial charge is 0.486 e. The zero-order valence-corrected chi connectivity index (χ0v) is 17.0. The number of amides is 2. The van der Waals surface area contributed by atoms with Crippen LogP contribution in [0.2, 0.25) is 0 Å². The topological polar surface area (TPSA) is 79.9 Å². The lowest BCUT2D eigenvalue weighted by Crippen LogP contribution is -2.44. The van der Waals surface area contributed by atoms with Crippen molar-refractivity contribution in [1.29, 1.82) is 0 Å². The number of ether oxygens (including phenoxy) is 2. The highest BCUT2D eigenvalue weighted by Gasteiger charge is 2.21. The van der Waals surface area contributed by atoms with Crippen molar-refractivity contribution in [3.8, 4) is 11.5 Å². The molecule has 7 nitrogen and oxygen atoms in total. The summed E-state index contributed by atoms with van der Waals surface area (Å²) in [6.45, 7) is 4.87. The monoisotopic (exact) mass is 397 g/mol. The molecular formula is C22H27N3O4. The highest BCUT2D eigenvalue weighted by atomic mass is 16.6. The quantitative estimate of drug-likeness (QED) is 0.748. The summed E-state index contributed by atoms with van der Waals surface area (Å²) < 4.78 is 11.5. The fourth-order valence-electron chi connectivity index (χ4n) is 3.18. The average Bonchev–Trinajstić information content (AvgIpc) is 2.69. The van der Waals surface area contributed by atoms with Crippen molar-refractivity contribution in [2.45, 2.75) is 20.0 Å². The molecule has 2 aromatic carbocycles. The van der Waals surface area contributed by atoms with Gasteiger partial charge in [0.15, 0.2) is 11.5 Å². The molecule has 0 aromatic heterocycles. The van der Waals surface area contributed by atoms with Gasteiger partial charge >= 0.3 is 0 Å². The zero-order chi connectivity index (χ0) is 20.8. The summed E-state index contributed by atoms with van der Waals surface area (Å²) in [6, 6.07) is 13.3. The fourth-order valence-corrected chi connectivity index (χ4v) is 3.18. The van der Waals surface area contributed by atoms with Crippen LogP contribution in [-0.4, -0.2) is 56.1 Å². The highest BCUT2D eigenvalue weighted by molar-refractivity contribution is 5.94. The Balaban J connectivity index is 1.41. The van der Waals surface area contributed by atoms with Crippen LogP contribution in [0.4, 0.5) is 5.69 Å². The van der Waals surface area contributed by atoms with Crippen LogP contribution in [-0.2, 0) is 9.59 Å². The van der Waals surface area contributed by atoms with E-state index in [0.29, 0.717) is 24.7 Å². The molecule has 2 aromatic rings. The third kappa shape index (κ3) is 5.71. The molecule has 0 saturated carbocycles. The summed E-state index contributed by atoms with van der Waals surface area (Å²) in [7, 11) is 1.74. The van der Waals surface area contributed by atoms with Crippen LogP contribution < -0.4 is 20.1 Å². The smallest absolute Gasteiger partial charge is 0.238 e. The molecule has 2 amide bonds. The van der Waals surface area contributed by atoms with Gasteiger partial charge in [0, 0.05) is 5.69 Å². The van der Waals surface area contributed by atoms with Gasteiger partial charge in [0.2, 0.25) is 11.8 Å². The van der Waals surface area contributed by atoms with Crippen LogP contribution in [0, 0.1) is 13.8 Å². The van der Waals surface area contributed by atoms with Gasteiger partial charge in [-0.05, 0) is 44.2 Å². The number of benzene rings is 2. The predicted octanol–water partition coefficient (Wildman–Crippen LogP) is 2.13. The molecule has 0 unspecified atom stereocenters. The maximum Gasteiger partial charge on any atom is 0.238 e. The van der Waals surface area contributed by atoms with Crippen LogP contribution in [0.3, 0.4) is 0 Å². The van der Waals surface area contributed by atoms with Crippen LogP contribution in [0.5, 0.6) is 11.5 Å². The molecule has 3 rings (SSSR count). The standard InChI is InChI=1S/C22H27N3O4/c1-15-7-6-8-16(2)22(15)24-21(27)13-25(3)12-20(26)23-11-17-14-28-18-9-4-5-10-19(18)29-17/h4-10,17H,11-14H2,1-3H3,(H,23,26)(H,24,27)/t17-/m1/s1. The molecule has 0 aliphatic carbocycles. The number of nitrogens with one attached hydrogen (secondary N) is 2. The Hall–Kier alpha value is -3.06. The Kier molecular flexibility index (Phi) is 6.72. The second-order valence-electron chi connectivity index (χ2n) is 7.29. The molecule has 0 bridgehead atoms. The second-order valence-corrected chi connectivity index (χ2v) is 7.29. The maximum atomic E-state index is 12.3. The van der Waals surface area contributed by atoms with Crippen molar-refractivity contribution in [2.75, 3.05) is 38.6 Å². The first-order valence-corrected chi connectivity index (χ1v) is 9.62. The van der Waals surface area contributed by atoms with Gasteiger partial charge in [-0.3, -0.25) is 14.5 Å². The molecule has 0 fully saturated rings. The van der Waals surface area contributed by atoms with Crippen molar-refractivity contribution in [3.05, 3.63) is 53.6 Å². The molecule has 154 valence electrons. The van der Waals surface area contributed by atoms with Gasteiger partial charge in [0.05, 0.1) is 19.6 Å². The van der Waals surface area contributed by atoms with E-state index in [0.717, 1.165) is 16.8 Å². The molecule has 0 saturated heterocycles. The third-order valence-corrected chi connectivity index (χ3v) is 4.67. The number of hydrogen-bond acceptors (Lipinski definition) is 5. The normalized spacial score (nSPS) is 15.1. The first kappa shape index (κ1) is 20.7. The first-order valence-electron chi connectivity index (χ1n) is 9.62. The van der Waals surface area contributed by atoms with Crippen molar-refractivity contribution >= 4 is 17.5 Å².